The highest BCUT2D eigenvalue weighted by molar-refractivity contribution is 5.45. The molecule has 0 fully saturated rings. The molecule has 0 saturated heterocycles. The van der Waals surface area contributed by atoms with E-state index in [1.807, 2.05) is 24.7 Å². The number of hydrogen-bond donors (Lipinski definition) is 1. The maximum atomic E-state index is 4.33. The van der Waals surface area contributed by atoms with Crippen LogP contribution in [-0.4, -0.2) is 21.1 Å². The Labute approximate surface area is 102 Å². The molecule has 0 spiro atoms. The number of hydrogen-bond acceptors (Lipinski definition) is 3. The minimum atomic E-state index is 0.917. The molecule has 4 nitrogen and oxygen atoms in total. The molecular formula is C13H18N4. The fourth-order valence-corrected chi connectivity index (χ4v) is 1.75. The Morgan fingerprint density at radius 2 is 2.12 bits per heavy atom. The lowest BCUT2D eigenvalue weighted by molar-refractivity contribution is 0.888. The Kier molecular flexibility index (Phi) is 3.75. The van der Waals surface area contributed by atoms with Crippen molar-refractivity contribution < 1.29 is 0 Å². The van der Waals surface area contributed by atoms with Crippen LogP contribution in [0.4, 0.5) is 5.82 Å². The molecule has 2 aromatic heterocycles. The Morgan fingerprint density at radius 3 is 2.88 bits per heavy atom. The lowest BCUT2D eigenvalue weighted by Crippen LogP contribution is -2.04. The fraction of sp³-hybridized carbons (Fsp3) is 0.385. The van der Waals surface area contributed by atoms with Gasteiger partial charge in [0, 0.05) is 37.6 Å². The van der Waals surface area contributed by atoms with Gasteiger partial charge in [-0.1, -0.05) is 13.8 Å². The third-order valence-electron chi connectivity index (χ3n) is 2.61. The highest BCUT2D eigenvalue weighted by atomic mass is 15.1. The van der Waals surface area contributed by atoms with Crippen molar-refractivity contribution in [3.05, 3.63) is 36.5 Å². The monoisotopic (exact) mass is 230 g/mol. The van der Waals surface area contributed by atoms with E-state index in [0.29, 0.717) is 0 Å². The van der Waals surface area contributed by atoms with Gasteiger partial charge in [0.2, 0.25) is 0 Å². The maximum Gasteiger partial charge on any atom is 0.127 e. The SMILES string of the molecule is CCCNc1cc(-n2ccnc2CC)ccn1. The standard InChI is InChI=1S/C13H18N4/c1-3-6-14-12-10-11(5-7-15-12)17-9-8-16-13(17)4-2/h5,7-10H,3-4,6H2,1-2H3,(H,14,15). The molecule has 0 bridgehead atoms. The molecule has 90 valence electrons. The van der Waals surface area contributed by atoms with Crippen LogP contribution in [0.15, 0.2) is 30.7 Å². The number of rotatable bonds is 5. The van der Waals surface area contributed by atoms with Crippen LogP contribution in [0.3, 0.4) is 0 Å². The second-order valence-corrected chi connectivity index (χ2v) is 3.89. The van der Waals surface area contributed by atoms with Crippen molar-refractivity contribution >= 4 is 5.82 Å². The van der Waals surface area contributed by atoms with Gasteiger partial charge in [0.15, 0.2) is 0 Å². The highest BCUT2D eigenvalue weighted by Gasteiger charge is 2.03. The lowest BCUT2D eigenvalue weighted by Gasteiger charge is -2.09. The van der Waals surface area contributed by atoms with Crippen LogP contribution in [0.5, 0.6) is 0 Å². The van der Waals surface area contributed by atoms with Crippen molar-refractivity contribution in [3.8, 4) is 5.69 Å². The van der Waals surface area contributed by atoms with Crippen molar-refractivity contribution in [2.45, 2.75) is 26.7 Å². The van der Waals surface area contributed by atoms with Gasteiger partial charge in [-0.2, -0.15) is 0 Å². The van der Waals surface area contributed by atoms with E-state index in [4.69, 9.17) is 0 Å². The number of anilines is 1. The molecule has 2 aromatic rings. The minimum Gasteiger partial charge on any atom is -0.370 e. The van der Waals surface area contributed by atoms with Crippen LogP contribution in [0.1, 0.15) is 26.1 Å². The van der Waals surface area contributed by atoms with E-state index < -0.39 is 0 Å². The molecule has 0 aliphatic heterocycles. The number of nitrogens with zero attached hydrogens (tertiary/aromatic N) is 3. The van der Waals surface area contributed by atoms with Gasteiger partial charge < -0.3 is 9.88 Å². The Hall–Kier alpha value is -1.84. The van der Waals surface area contributed by atoms with E-state index in [1.165, 1.54) is 0 Å². The molecule has 0 aromatic carbocycles. The van der Waals surface area contributed by atoms with Crippen LogP contribution in [0.2, 0.25) is 0 Å². The van der Waals surface area contributed by atoms with Crippen molar-refractivity contribution in [2.24, 2.45) is 0 Å². The van der Waals surface area contributed by atoms with Gasteiger partial charge in [-0.15, -0.1) is 0 Å². The molecule has 2 rings (SSSR count). The molecule has 17 heavy (non-hydrogen) atoms. The topological polar surface area (TPSA) is 42.7 Å². The Bertz CT molecular complexity index is 476. The molecular weight excluding hydrogens is 212 g/mol. The molecule has 0 saturated carbocycles. The van der Waals surface area contributed by atoms with Crippen LogP contribution >= 0.6 is 0 Å². The second-order valence-electron chi connectivity index (χ2n) is 3.89. The van der Waals surface area contributed by atoms with Crippen molar-refractivity contribution in [1.82, 2.24) is 14.5 Å². The lowest BCUT2D eigenvalue weighted by atomic mass is 10.3. The van der Waals surface area contributed by atoms with E-state index >= 15 is 0 Å². The zero-order valence-corrected chi connectivity index (χ0v) is 10.3. The van der Waals surface area contributed by atoms with E-state index in [2.05, 4.69) is 39.8 Å². The van der Waals surface area contributed by atoms with Gasteiger partial charge in [-0.25, -0.2) is 9.97 Å². The predicted octanol–water partition coefficient (Wildman–Crippen LogP) is 2.65. The van der Waals surface area contributed by atoms with Gasteiger partial charge in [-0.3, -0.25) is 0 Å². The van der Waals surface area contributed by atoms with Gasteiger partial charge in [0.25, 0.3) is 0 Å². The first-order valence-electron chi connectivity index (χ1n) is 6.07. The largest absolute Gasteiger partial charge is 0.370 e. The summed E-state index contributed by atoms with van der Waals surface area (Å²) >= 11 is 0. The average molecular weight is 230 g/mol. The third-order valence-corrected chi connectivity index (χ3v) is 2.61. The quantitative estimate of drug-likeness (QED) is 0.858. The zero-order chi connectivity index (χ0) is 12.1. The van der Waals surface area contributed by atoms with E-state index in [-0.39, 0.29) is 0 Å². The number of nitrogens with one attached hydrogen (secondary N) is 1. The number of pyridine rings is 1. The number of aromatic nitrogens is 3. The van der Waals surface area contributed by atoms with Crippen molar-refractivity contribution in [1.29, 1.82) is 0 Å². The van der Waals surface area contributed by atoms with Gasteiger partial charge in [-0.05, 0) is 12.5 Å². The van der Waals surface area contributed by atoms with E-state index in [9.17, 15) is 0 Å². The summed E-state index contributed by atoms with van der Waals surface area (Å²) in [6, 6.07) is 4.05. The maximum absolute atomic E-state index is 4.33. The van der Waals surface area contributed by atoms with Gasteiger partial charge in [0.1, 0.15) is 11.6 Å². The molecule has 0 aliphatic rings. The summed E-state index contributed by atoms with van der Waals surface area (Å²) in [7, 11) is 0. The third kappa shape index (κ3) is 2.64. The molecule has 2 heterocycles. The van der Waals surface area contributed by atoms with Crippen molar-refractivity contribution in [2.75, 3.05) is 11.9 Å². The summed E-state index contributed by atoms with van der Waals surface area (Å²) in [6.07, 6.45) is 7.66. The molecule has 0 radical (unpaired) electrons. The summed E-state index contributed by atoms with van der Waals surface area (Å²) in [5.74, 6) is 1.98. The number of imidazole rings is 1. The smallest absolute Gasteiger partial charge is 0.127 e. The molecule has 0 unspecified atom stereocenters. The van der Waals surface area contributed by atoms with Gasteiger partial charge in [0.05, 0.1) is 5.69 Å². The summed E-state index contributed by atoms with van der Waals surface area (Å²) in [4.78, 5) is 8.62. The molecule has 1 N–H and O–H groups in total. The van der Waals surface area contributed by atoms with E-state index in [1.54, 1.807) is 0 Å². The van der Waals surface area contributed by atoms with Gasteiger partial charge >= 0.3 is 0 Å². The van der Waals surface area contributed by atoms with Crippen LogP contribution in [0.25, 0.3) is 5.69 Å². The average Bonchev–Trinajstić information content (AvgIpc) is 2.85. The van der Waals surface area contributed by atoms with Crippen LogP contribution < -0.4 is 5.32 Å². The second kappa shape index (κ2) is 5.48. The highest BCUT2D eigenvalue weighted by Crippen LogP contribution is 2.14. The summed E-state index contributed by atoms with van der Waals surface area (Å²) in [6.45, 7) is 5.19. The first kappa shape index (κ1) is 11.6. The molecule has 4 heteroatoms. The first-order chi connectivity index (χ1) is 8.35. The van der Waals surface area contributed by atoms with Crippen LogP contribution in [0, 0.1) is 0 Å². The Morgan fingerprint density at radius 1 is 1.24 bits per heavy atom. The van der Waals surface area contributed by atoms with Crippen molar-refractivity contribution in [3.63, 3.8) is 0 Å². The summed E-state index contributed by atoms with van der Waals surface area (Å²) < 4.78 is 2.10. The predicted molar refractivity (Wildman–Crippen MR) is 69.5 cm³/mol. The molecule has 0 aliphatic carbocycles. The fourth-order valence-electron chi connectivity index (χ4n) is 1.75. The number of aryl methyl sites for hydroxylation is 1. The zero-order valence-electron chi connectivity index (χ0n) is 10.3. The Balaban J connectivity index is 2.26. The first-order valence-corrected chi connectivity index (χ1v) is 6.07. The summed E-state index contributed by atoms with van der Waals surface area (Å²) in [5.41, 5.74) is 1.10. The molecule has 0 amide bonds. The minimum absolute atomic E-state index is 0.917. The van der Waals surface area contributed by atoms with E-state index in [0.717, 1.165) is 36.7 Å². The normalized spacial score (nSPS) is 10.5. The molecule has 0 atom stereocenters. The van der Waals surface area contributed by atoms with Crippen LogP contribution in [-0.2, 0) is 6.42 Å². The summed E-state index contributed by atoms with van der Waals surface area (Å²) in [5, 5.41) is 3.29.